The molecule has 1 aromatic carbocycles. The Morgan fingerprint density at radius 2 is 2.00 bits per heavy atom. The summed E-state index contributed by atoms with van der Waals surface area (Å²) in [5.74, 6) is 0. The van der Waals surface area contributed by atoms with Gasteiger partial charge in [-0.1, -0.05) is 29.3 Å². The monoisotopic (exact) mass is 269 g/mol. The molecule has 0 unspecified atom stereocenters. The van der Waals surface area contributed by atoms with Gasteiger partial charge in [0, 0.05) is 12.2 Å². The first-order chi connectivity index (χ1) is 7.99. The molecule has 0 aliphatic heterocycles. The average molecular weight is 270 g/mol. The van der Waals surface area contributed by atoms with E-state index in [0.717, 1.165) is 16.9 Å². The Morgan fingerprint density at radius 3 is 2.47 bits per heavy atom. The first-order valence-electron chi connectivity index (χ1n) is 5.26. The zero-order chi connectivity index (χ0) is 12.6. The number of benzene rings is 1. The van der Waals surface area contributed by atoms with Gasteiger partial charge in [-0.2, -0.15) is 5.10 Å². The first-order valence-corrected chi connectivity index (χ1v) is 6.02. The lowest BCUT2D eigenvalue weighted by Crippen LogP contribution is -2.05. The summed E-state index contributed by atoms with van der Waals surface area (Å²) in [6.45, 7) is 3.77. The average Bonchev–Trinajstić information content (AvgIpc) is 2.58. The number of hydrogen-bond acceptors (Lipinski definition) is 2. The Balaban J connectivity index is 2.46. The summed E-state index contributed by atoms with van der Waals surface area (Å²) in [6.07, 6.45) is 1.74. The van der Waals surface area contributed by atoms with E-state index in [9.17, 15) is 0 Å². The van der Waals surface area contributed by atoms with Crippen LogP contribution in [0.25, 0.3) is 5.69 Å². The van der Waals surface area contributed by atoms with Crippen LogP contribution in [0, 0.1) is 6.92 Å². The van der Waals surface area contributed by atoms with Crippen molar-refractivity contribution >= 4 is 23.2 Å². The number of nitrogens with zero attached hydrogens (tertiary/aromatic N) is 2. The normalized spacial score (nSPS) is 12.8. The third-order valence-electron chi connectivity index (χ3n) is 2.58. The Bertz CT molecular complexity index is 527. The van der Waals surface area contributed by atoms with E-state index in [1.807, 2.05) is 32.0 Å². The van der Waals surface area contributed by atoms with Gasteiger partial charge in [-0.25, -0.2) is 4.68 Å². The fourth-order valence-electron chi connectivity index (χ4n) is 1.55. The van der Waals surface area contributed by atoms with Gasteiger partial charge in [0.05, 0.1) is 21.4 Å². The summed E-state index contributed by atoms with van der Waals surface area (Å²) in [5, 5.41) is 5.52. The molecule has 1 atom stereocenters. The van der Waals surface area contributed by atoms with Crippen LogP contribution in [-0.2, 0) is 0 Å². The van der Waals surface area contributed by atoms with Crippen LogP contribution in [0.4, 0.5) is 0 Å². The molecule has 90 valence electrons. The molecule has 0 aliphatic rings. The maximum absolute atomic E-state index is 6.21. The first kappa shape index (κ1) is 12.4. The number of aromatic nitrogens is 2. The summed E-state index contributed by atoms with van der Waals surface area (Å²) in [4.78, 5) is 0. The van der Waals surface area contributed by atoms with Crippen LogP contribution < -0.4 is 5.73 Å². The maximum Gasteiger partial charge on any atom is 0.0832 e. The Kier molecular flexibility index (Phi) is 3.43. The van der Waals surface area contributed by atoms with Crippen LogP contribution in [0.2, 0.25) is 10.0 Å². The molecule has 3 nitrogen and oxygen atoms in total. The van der Waals surface area contributed by atoms with Crippen molar-refractivity contribution in [2.75, 3.05) is 0 Å². The van der Waals surface area contributed by atoms with E-state index in [1.54, 1.807) is 10.9 Å². The van der Waals surface area contributed by atoms with Crippen molar-refractivity contribution in [3.63, 3.8) is 0 Å². The van der Waals surface area contributed by atoms with Gasteiger partial charge in [0.25, 0.3) is 0 Å². The lowest BCUT2D eigenvalue weighted by atomic mass is 10.1. The Labute approximate surface area is 110 Å². The summed E-state index contributed by atoms with van der Waals surface area (Å²) in [7, 11) is 0. The molecule has 0 aliphatic carbocycles. The standard InChI is InChI=1S/C12H13Cl2N3/c1-7(15)9-3-4-12(10(13)5-9)17-6-11(14)8(2)16-17/h3-7H,15H2,1-2H3/t7-/m1/s1. The van der Waals surface area contributed by atoms with Crippen molar-refractivity contribution in [2.24, 2.45) is 5.73 Å². The molecule has 0 amide bonds. The van der Waals surface area contributed by atoms with Crippen LogP contribution in [0.1, 0.15) is 24.2 Å². The van der Waals surface area contributed by atoms with E-state index in [2.05, 4.69) is 5.10 Å². The van der Waals surface area contributed by atoms with E-state index >= 15 is 0 Å². The lowest BCUT2D eigenvalue weighted by molar-refractivity contribution is 0.813. The van der Waals surface area contributed by atoms with E-state index in [0.29, 0.717) is 10.0 Å². The van der Waals surface area contributed by atoms with Crippen molar-refractivity contribution in [3.05, 3.63) is 45.7 Å². The van der Waals surface area contributed by atoms with Crippen molar-refractivity contribution in [2.45, 2.75) is 19.9 Å². The highest BCUT2D eigenvalue weighted by Crippen LogP contribution is 2.25. The van der Waals surface area contributed by atoms with Gasteiger partial charge in [0.15, 0.2) is 0 Å². The van der Waals surface area contributed by atoms with Gasteiger partial charge in [-0.15, -0.1) is 0 Å². The van der Waals surface area contributed by atoms with Crippen molar-refractivity contribution < 1.29 is 0 Å². The molecular weight excluding hydrogens is 257 g/mol. The van der Waals surface area contributed by atoms with Crippen LogP contribution >= 0.6 is 23.2 Å². The second kappa shape index (κ2) is 4.69. The summed E-state index contributed by atoms with van der Waals surface area (Å²) < 4.78 is 1.67. The van der Waals surface area contributed by atoms with Crippen LogP contribution in [0.3, 0.4) is 0 Å². The molecule has 0 bridgehead atoms. The molecule has 2 rings (SSSR count). The van der Waals surface area contributed by atoms with E-state index in [-0.39, 0.29) is 6.04 Å². The maximum atomic E-state index is 6.21. The zero-order valence-electron chi connectivity index (χ0n) is 9.61. The SMILES string of the molecule is Cc1nn(-c2ccc([C@@H](C)N)cc2Cl)cc1Cl. The quantitative estimate of drug-likeness (QED) is 0.907. The minimum atomic E-state index is -0.0375. The second-order valence-corrected chi connectivity index (χ2v) is 4.82. The molecule has 5 heteroatoms. The molecule has 0 radical (unpaired) electrons. The molecule has 1 aromatic heterocycles. The number of hydrogen-bond donors (Lipinski definition) is 1. The molecule has 1 heterocycles. The molecule has 0 fully saturated rings. The molecule has 0 saturated heterocycles. The van der Waals surface area contributed by atoms with Gasteiger partial charge in [-0.3, -0.25) is 0 Å². The minimum absolute atomic E-state index is 0.0375. The highest BCUT2D eigenvalue weighted by molar-refractivity contribution is 6.32. The summed E-state index contributed by atoms with van der Waals surface area (Å²) in [6, 6.07) is 5.65. The molecule has 2 N–H and O–H groups in total. The summed E-state index contributed by atoms with van der Waals surface area (Å²) in [5.41, 5.74) is 8.37. The van der Waals surface area contributed by atoms with Gasteiger partial charge in [0.2, 0.25) is 0 Å². The summed E-state index contributed by atoms with van der Waals surface area (Å²) >= 11 is 12.2. The fourth-order valence-corrected chi connectivity index (χ4v) is 1.96. The molecular formula is C12H13Cl2N3. The number of aryl methyl sites for hydroxylation is 1. The molecule has 17 heavy (non-hydrogen) atoms. The van der Waals surface area contributed by atoms with E-state index < -0.39 is 0 Å². The zero-order valence-corrected chi connectivity index (χ0v) is 11.1. The van der Waals surface area contributed by atoms with Crippen molar-refractivity contribution in [3.8, 4) is 5.69 Å². The molecule has 0 saturated carbocycles. The van der Waals surface area contributed by atoms with Crippen molar-refractivity contribution in [1.29, 1.82) is 0 Å². The van der Waals surface area contributed by atoms with E-state index in [1.165, 1.54) is 0 Å². The fraction of sp³-hybridized carbons (Fsp3) is 0.250. The third kappa shape index (κ3) is 2.46. The van der Waals surface area contributed by atoms with Gasteiger partial charge in [0.1, 0.15) is 0 Å². The van der Waals surface area contributed by atoms with Crippen LogP contribution in [-0.4, -0.2) is 9.78 Å². The molecule has 2 aromatic rings. The Morgan fingerprint density at radius 1 is 1.29 bits per heavy atom. The second-order valence-electron chi connectivity index (χ2n) is 4.01. The van der Waals surface area contributed by atoms with Gasteiger partial charge < -0.3 is 5.73 Å². The highest BCUT2D eigenvalue weighted by Gasteiger charge is 2.09. The van der Waals surface area contributed by atoms with E-state index in [4.69, 9.17) is 28.9 Å². The van der Waals surface area contributed by atoms with Gasteiger partial charge in [-0.05, 0) is 31.5 Å². The molecule has 0 spiro atoms. The predicted molar refractivity (Wildman–Crippen MR) is 70.9 cm³/mol. The number of nitrogens with two attached hydrogens (primary N) is 1. The topological polar surface area (TPSA) is 43.8 Å². The lowest BCUT2D eigenvalue weighted by Gasteiger charge is -2.09. The highest BCUT2D eigenvalue weighted by atomic mass is 35.5. The van der Waals surface area contributed by atoms with Crippen LogP contribution in [0.15, 0.2) is 24.4 Å². The Hall–Kier alpha value is -1.03. The number of rotatable bonds is 2. The van der Waals surface area contributed by atoms with Crippen molar-refractivity contribution in [1.82, 2.24) is 9.78 Å². The number of halogens is 2. The van der Waals surface area contributed by atoms with Gasteiger partial charge >= 0.3 is 0 Å². The largest absolute Gasteiger partial charge is 0.324 e. The minimum Gasteiger partial charge on any atom is -0.324 e. The predicted octanol–water partition coefficient (Wildman–Crippen LogP) is 3.51. The smallest absolute Gasteiger partial charge is 0.0832 e. The third-order valence-corrected chi connectivity index (χ3v) is 3.26. The van der Waals surface area contributed by atoms with Crippen LogP contribution in [0.5, 0.6) is 0 Å².